The van der Waals surface area contributed by atoms with Crippen LogP contribution < -0.4 is 5.32 Å². The molecule has 3 heterocycles. The molecule has 1 atom stereocenters. The van der Waals surface area contributed by atoms with Gasteiger partial charge in [0, 0.05) is 30.1 Å². The van der Waals surface area contributed by atoms with Gasteiger partial charge in [0.2, 0.25) is 0 Å². The summed E-state index contributed by atoms with van der Waals surface area (Å²) in [7, 11) is 0. The molecule has 0 spiro atoms. The molecular formula is C28H25F3N4O2. The number of aromatic nitrogens is 2. The SMILES string of the molecule is C[C@H]1COCCN1Cc1cccc(NC(=O)c2cccc3ccc(-c4cccc(C(F)(F)F)c4)nc23)n1. The van der Waals surface area contributed by atoms with Crippen molar-refractivity contribution in [1.29, 1.82) is 0 Å². The summed E-state index contributed by atoms with van der Waals surface area (Å²) in [5, 5.41) is 3.55. The second-order valence-electron chi connectivity index (χ2n) is 9.02. The highest BCUT2D eigenvalue weighted by molar-refractivity contribution is 6.11. The van der Waals surface area contributed by atoms with Gasteiger partial charge in [0.1, 0.15) is 5.82 Å². The maximum Gasteiger partial charge on any atom is 0.416 e. The number of pyridine rings is 2. The van der Waals surface area contributed by atoms with E-state index in [0.29, 0.717) is 53.3 Å². The van der Waals surface area contributed by atoms with Gasteiger partial charge in [-0.25, -0.2) is 9.97 Å². The second-order valence-corrected chi connectivity index (χ2v) is 9.02. The molecular weight excluding hydrogens is 481 g/mol. The molecule has 1 fully saturated rings. The van der Waals surface area contributed by atoms with Crippen molar-refractivity contribution in [1.82, 2.24) is 14.9 Å². The van der Waals surface area contributed by atoms with Crippen LogP contribution in [0.1, 0.15) is 28.5 Å². The molecule has 1 aliphatic rings. The number of nitrogens with one attached hydrogen (secondary N) is 1. The highest BCUT2D eigenvalue weighted by atomic mass is 19.4. The zero-order valence-corrected chi connectivity index (χ0v) is 20.1. The Morgan fingerprint density at radius 3 is 2.68 bits per heavy atom. The molecule has 5 rings (SSSR count). The zero-order chi connectivity index (χ0) is 26.0. The normalized spacial score (nSPS) is 16.6. The Balaban J connectivity index is 1.41. The summed E-state index contributed by atoms with van der Waals surface area (Å²) >= 11 is 0. The lowest BCUT2D eigenvalue weighted by atomic mass is 10.0. The average molecular weight is 507 g/mol. The first-order valence-corrected chi connectivity index (χ1v) is 11.9. The summed E-state index contributed by atoms with van der Waals surface area (Å²) in [5.41, 5.74) is 1.44. The molecule has 0 radical (unpaired) electrons. The number of rotatable bonds is 5. The molecule has 0 saturated carbocycles. The Morgan fingerprint density at radius 2 is 1.86 bits per heavy atom. The molecule has 1 N–H and O–H groups in total. The van der Waals surface area contributed by atoms with Crippen molar-refractivity contribution in [2.45, 2.75) is 25.7 Å². The van der Waals surface area contributed by atoms with Crippen LogP contribution in [-0.2, 0) is 17.5 Å². The highest BCUT2D eigenvalue weighted by Gasteiger charge is 2.30. The smallest absolute Gasteiger partial charge is 0.379 e. The lowest BCUT2D eigenvalue weighted by molar-refractivity contribution is -0.137. The van der Waals surface area contributed by atoms with Crippen molar-refractivity contribution in [3.63, 3.8) is 0 Å². The fourth-order valence-electron chi connectivity index (χ4n) is 4.37. The summed E-state index contributed by atoms with van der Waals surface area (Å²) < 4.78 is 45.1. The van der Waals surface area contributed by atoms with Crippen LogP contribution in [0.2, 0.25) is 0 Å². The van der Waals surface area contributed by atoms with E-state index in [1.807, 2.05) is 12.1 Å². The van der Waals surface area contributed by atoms with E-state index in [4.69, 9.17) is 4.74 Å². The summed E-state index contributed by atoms with van der Waals surface area (Å²) in [4.78, 5) is 24.7. The Labute approximate surface area is 212 Å². The predicted molar refractivity (Wildman–Crippen MR) is 135 cm³/mol. The van der Waals surface area contributed by atoms with Gasteiger partial charge < -0.3 is 10.1 Å². The third kappa shape index (κ3) is 5.63. The average Bonchev–Trinajstić information content (AvgIpc) is 2.89. The number of fused-ring (bicyclic) bond motifs is 1. The van der Waals surface area contributed by atoms with Crippen LogP contribution in [0.5, 0.6) is 0 Å². The first kappa shape index (κ1) is 24.9. The number of ether oxygens (including phenoxy) is 1. The van der Waals surface area contributed by atoms with Gasteiger partial charge in [0.05, 0.1) is 41.2 Å². The number of carbonyl (C=O) groups is 1. The number of alkyl halides is 3. The molecule has 1 saturated heterocycles. The van der Waals surface area contributed by atoms with Gasteiger partial charge in [-0.05, 0) is 43.3 Å². The highest BCUT2D eigenvalue weighted by Crippen LogP contribution is 2.32. The van der Waals surface area contributed by atoms with Crippen LogP contribution >= 0.6 is 0 Å². The minimum atomic E-state index is -4.46. The molecule has 37 heavy (non-hydrogen) atoms. The molecule has 0 bridgehead atoms. The first-order chi connectivity index (χ1) is 17.8. The van der Waals surface area contributed by atoms with Crippen molar-refractivity contribution >= 4 is 22.6 Å². The van der Waals surface area contributed by atoms with E-state index in [0.717, 1.165) is 24.4 Å². The van der Waals surface area contributed by atoms with Crippen molar-refractivity contribution in [2.75, 3.05) is 25.1 Å². The van der Waals surface area contributed by atoms with Crippen LogP contribution in [0.15, 0.2) is 72.8 Å². The zero-order valence-electron chi connectivity index (χ0n) is 20.1. The number of benzene rings is 2. The number of hydrogen-bond donors (Lipinski definition) is 1. The Hall–Kier alpha value is -3.82. The van der Waals surface area contributed by atoms with Crippen molar-refractivity contribution in [3.05, 3.63) is 89.6 Å². The van der Waals surface area contributed by atoms with Gasteiger partial charge in [-0.3, -0.25) is 9.69 Å². The fraction of sp³-hybridized carbons (Fsp3) is 0.250. The number of carbonyl (C=O) groups excluding carboxylic acids is 1. The fourth-order valence-corrected chi connectivity index (χ4v) is 4.37. The maximum atomic E-state index is 13.2. The Kier molecular flexibility index (Phi) is 6.90. The van der Waals surface area contributed by atoms with Crippen LogP contribution in [0.4, 0.5) is 19.0 Å². The Bertz CT molecular complexity index is 1440. The first-order valence-electron chi connectivity index (χ1n) is 11.9. The molecule has 6 nitrogen and oxygen atoms in total. The lowest BCUT2D eigenvalue weighted by Gasteiger charge is -2.32. The number of halogens is 3. The molecule has 2 aromatic heterocycles. The maximum absolute atomic E-state index is 13.2. The summed E-state index contributed by atoms with van der Waals surface area (Å²) in [6, 6.07) is 19.3. The van der Waals surface area contributed by atoms with E-state index >= 15 is 0 Å². The van der Waals surface area contributed by atoms with Crippen LogP contribution in [0, 0.1) is 0 Å². The van der Waals surface area contributed by atoms with E-state index in [9.17, 15) is 18.0 Å². The number of para-hydroxylation sites is 1. The molecule has 2 aromatic carbocycles. The number of morpholine rings is 1. The second kappa shape index (κ2) is 10.3. The molecule has 1 aliphatic heterocycles. The van der Waals surface area contributed by atoms with Gasteiger partial charge in [0.15, 0.2) is 0 Å². The van der Waals surface area contributed by atoms with Crippen molar-refractivity contribution < 1.29 is 22.7 Å². The molecule has 1 amide bonds. The van der Waals surface area contributed by atoms with E-state index in [1.165, 1.54) is 6.07 Å². The third-order valence-electron chi connectivity index (χ3n) is 6.37. The summed E-state index contributed by atoms with van der Waals surface area (Å²) in [5.74, 6) is 0.0122. The van der Waals surface area contributed by atoms with E-state index in [1.54, 1.807) is 42.5 Å². The topological polar surface area (TPSA) is 67.3 Å². The number of hydrogen-bond acceptors (Lipinski definition) is 5. The molecule has 9 heteroatoms. The largest absolute Gasteiger partial charge is 0.416 e. The van der Waals surface area contributed by atoms with E-state index in [-0.39, 0.29) is 6.04 Å². The van der Waals surface area contributed by atoms with Crippen molar-refractivity contribution in [2.24, 2.45) is 0 Å². The standard InChI is InChI=1S/C28H25F3N4O2/c1-18-17-37-14-13-35(18)16-22-8-4-10-25(32-22)34-27(36)23-9-3-5-19-11-12-24(33-26(19)23)20-6-2-7-21(15-20)28(29,30)31/h2-12,15,18H,13-14,16-17H2,1H3,(H,32,34,36)/t18-/m0/s1. The van der Waals surface area contributed by atoms with Gasteiger partial charge >= 0.3 is 6.18 Å². The molecule has 190 valence electrons. The number of nitrogens with zero attached hydrogens (tertiary/aromatic N) is 3. The van der Waals surface area contributed by atoms with Gasteiger partial charge in [-0.15, -0.1) is 0 Å². The molecule has 4 aromatic rings. The van der Waals surface area contributed by atoms with E-state index < -0.39 is 17.6 Å². The lowest BCUT2D eigenvalue weighted by Crippen LogP contribution is -2.43. The number of anilines is 1. The Morgan fingerprint density at radius 1 is 1.05 bits per heavy atom. The van der Waals surface area contributed by atoms with Crippen LogP contribution in [0.3, 0.4) is 0 Å². The van der Waals surface area contributed by atoms with Gasteiger partial charge in [-0.1, -0.05) is 36.4 Å². The third-order valence-corrected chi connectivity index (χ3v) is 6.37. The van der Waals surface area contributed by atoms with Crippen molar-refractivity contribution in [3.8, 4) is 11.3 Å². The van der Waals surface area contributed by atoms with Gasteiger partial charge in [-0.2, -0.15) is 13.2 Å². The summed E-state index contributed by atoms with van der Waals surface area (Å²) in [6.45, 7) is 4.91. The quantitative estimate of drug-likeness (QED) is 0.371. The van der Waals surface area contributed by atoms with Gasteiger partial charge in [0.25, 0.3) is 5.91 Å². The van der Waals surface area contributed by atoms with Crippen LogP contribution in [-0.4, -0.2) is 46.6 Å². The van der Waals surface area contributed by atoms with Crippen LogP contribution in [0.25, 0.3) is 22.2 Å². The minimum absolute atomic E-state index is 0.279. The summed E-state index contributed by atoms with van der Waals surface area (Å²) in [6.07, 6.45) is -4.46. The monoisotopic (exact) mass is 506 g/mol. The molecule has 0 aliphatic carbocycles. The number of amides is 1. The minimum Gasteiger partial charge on any atom is -0.379 e. The molecule has 0 unspecified atom stereocenters. The van der Waals surface area contributed by atoms with E-state index in [2.05, 4.69) is 27.1 Å². The predicted octanol–water partition coefficient (Wildman–Crippen LogP) is 5.79.